The molecule has 0 radical (unpaired) electrons. The van der Waals surface area contributed by atoms with Crippen molar-refractivity contribution >= 4 is 17.5 Å². The van der Waals surface area contributed by atoms with Gasteiger partial charge in [0.05, 0.1) is 18.4 Å². The first-order valence-corrected chi connectivity index (χ1v) is 9.80. The van der Waals surface area contributed by atoms with Crippen LogP contribution in [0.4, 0.5) is 0 Å². The van der Waals surface area contributed by atoms with Crippen molar-refractivity contribution in [2.24, 2.45) is 0 Å². The van der Waals surface area contributed by atoms with Crippen molar-refractivity contribution in [3.05, 3.63) is 52.9 Å². The van der Waals surface area contributed by atoms with Crippen LogP contribution in [0.3, 0.4) is 0 Å². The van der Waals surface area contributed by atoms with Gasteiger partial charge < -0.3 is 15.2 Å². The molecule has 8 heteroatoms. The minimum atomic E-state index is 0.0622. The standard InChI is InChI=1S/C21H27ClN6O/c1-23-8-16-9-24-10-17(16)21-18(11-25-26-21)14-5-6-15(19(22)7-14)12-28(4)13-20(29)27(2)3/h5-7,9-11,23-24H,8,12-13H2,1-4H3,(H,25,26). The van der Waals surface area contributed by atoms with Crippen LogP contribution in [-0.4, -0.2) is 65.6 Å². The Morgan fingerprint density at radius 3 is 2.66 bits per heavy atom. The van der Waals surface area contributed by atoms with E-state index < -0.39 is 0 Å². The van der Waals surface area contributed by atoms with Gasteiger partial charge in [-0.1, -0.05) is 23.7 Å². The topological polar surface area (TPSA) is 80.0 Å². The van der Waals surface area contributed by atoms with Gasteiger partial charge in [0.15, 0.2) is 0 Å². The number of H-pyrrole nitrogens is 2. The van der Waals surface area contributed by atoms with Crippen LogP contribution in [0, 0.1) is 0 Å². The quantitative estimate of drug-likeness (QED) is 0.529. The molecule has 1 aromatic carbocycles. The van der Waals surface area contributed by atoms with E-state index in [-0.39, 0.29) is 5.91 Å². The average molecular weight is 415 g/mol. The highest BCUT2D eigenvalue weighted by Gasteiger charge is 2.16. The number of amides is 1. The Hall–Kier alpha value is -2.61. The summed E-state index contributed by atoms with van der Waals surface area (Å²) < 4.78 is 0. The highest BCUT2D eigenvalue weighted by molar-refractivity contribution is 6.31. The molecule has 0 spiro atoms. The lowest BCUT2D eigenvalue weighted by molar-refractivity contribution is -0.129. The summed E-state index contributed by atoms with van der Waals surface area (Å²) in [4.78, 5) is 18.6. The number of aromatic amines is 2. The van der Waals surface area contributed by atoms with Crippen molar-refractivity contribution in [1.29, 1.82) is 0 Å². The number of nitrogens with zero attached hydrogens (tertiary/aromatic N) is 3. The Labute approximate surface area is 176 Å². The van der Waals surface area contributed by atoms with Crippen LogP contribution in [-0.2, 0) is 17.9 Å². The SMILES string of the molecule is CNCc1c[nH]cc1-c1[nH]ncc1-c1ccc(CN(C)CC(=O)N(C)C)c(Cl)c1. The fourth-order valence-corrected chi connectivity index (χ4v) is 3.48. The van der Waals surface area contributed by atoms with Crippen molar-refractivity contribution < 1.29 is 4.79 Å². The van der Waals surface area contributed by atoms with Gasteiger partial charge in [0.1, 0.15) is 0 Å². The molecule has 3 rings (SSSR count). The van der Waals surface area contributed by atoms with Gasteiger partial charge in [-0.25, -0.2) is 0 Å². The molecule has 1 amide bonds. The van der Waals surface area contributed by atoms with E-state index in [1.807, 2.05) is 55.8 Å². The molecule has 154 valence electrons. The molecule has 0 aliphatic rings. The summed E-state index contributed by atoms with van der Waals surface area (Å²) in [5.41, 5.74) is 6.15. The number of nitrogens with one attached hydrogen (secondary N) is 3. The normalized spacial score (nSPS) is 11.2. The number of carbonyl (C=O) groups is 1. The van der Waals surface area contributed by atoms with Crippen LogP contribution in [0.15, 0.2) is 36.8 Å². The molecule has 2 heterocycles. The third kappa shape index (κ3) is 4.87. The van der Waals surface area contributed by atoms with Crippen LogP contribution in [0.2, 0.25) is 5.02 Å². The van der Waals surface area contributed by atoms with E-state index in [1.165, 1.54) is 0 Å². The molecule has 0 aliphatic heterocycles. The van der Waals surface area contributed by atoms with Gasteiger partial charge in [-0.3, -0.25) is 14.8 Å². The lowest BCUT2D eigenvalue weighted by Gasteiger charge is -2.19. The van der Waals surface area contributed by atoms with E-state index in [0.29, 0.717) is 18.1 Å². The van der Waals surface area contributed by atoms with Crippen molar-refractivity contribution in [2.45, 2.75) is 13.1 Å². The van der Waals surface area contributed by atoms with Crippen molar-refractivity contribution in [3.63, 3.8) is 0 Å². The number of benzene rings is 1. The van der Waals surface area contributed by atoms with E-state index in [9.17, 15) is 4.79 Å². The van der Waals surface area contributed by atoms with Crippen molar-refractivity contribution in [3.8, 4) is 22.4 Å². The minimum absolute atomic E-state index is 0.0622. The predicted molar refractivity (Wildman–Crippen MR) is 117 cm³/mol. The molecular weight excluding hydrogens is 388 g/mol. The highest BCUT2D eigenvalue weighted by Crippen LogP contribution is 2.34. The smallest absolute Gasteiger partial charge is 0.236 e. The predicted octanol–water partition coefficient (Wildman–Crippen LogP) is 2.96. The summed E-state index contributed by atoms with van der Waals surface area (Å²) >= 11 is 6.58. The van der Waals surface area contributed by atoms with Gasteiger partial charge in [-0.05, 0) is 36.9 Å². The van der Waals surface area contributed by atoms with Crippen LogP contribution in [0.1, 0.15) is 11.1 Å². The molecule has 7 nitrogen and oxygen atoms in total. The number of carbonyl (C=O) groups excluding carboxylic acids is 1. The molecule has 0 bridgehead atoms. The summed E-state index contributed by atoms with van der Waals surface area (Å²) in [5, 5.41) is 11.2. The molecule has 0 saturated carbocycles. The fraction of sp³-hybridized carbons (Fsp3) is 0.333. The minimum Gasteiger partial charge on any atom is -0.367 e. The molecular formula is C21H27ClN6O. The molecule has 3 N–H and O–H groups in total. The first kappa shape index (κ1) is 21.1. The van der Waals surface area contributed by atoms with E-state index >= 15 is 0 Å². The zero-order chi connectivity index (χ0) is 21.0. The van der Waals surface area contributed by atoms with Gasteiger partial charge >= 0.3 is 0 Å². The molecule has 2 aromatic heterocycles. The second-order valence-corrected chi connectivity index (χ2v) is 7.76. The lowest BCUT2D eigenvalue weighted by Crippen LogP contribution is -2.34. The third-order valence-electron chi connectivity index (χ3n) is 4.82. The van der Waals surface area contributed by atoms with Crippen LogP contribution in [0.25, 0.3) is 22.4 Å². The van der Waals surface area contributed by atoms with Crippen molar-refractivity contribution in [1.82, 2.24) is 30.3 Å². The van der Waals surface area contributed by atoms with E-state index in [0.717, 1.165) is 40.1 Å². The second-order valence-electron chi connectivity index (χ2n) is 7.35. The highest BCUT2D eigenvalue weighted by atomic mass is 35.5. The van der Waals surface area contributed by atoms with Gasteiger partial charge in [0.2, 0.25) is 5.91 Å². The van der Waals surface area contributed by atoms with Crippen LogP contribution >= 0.6 is 11.6 Å². The summed E-state index contributed by atoms with van der Waals surface area (Å²) in [7, 11) is 7.35. The molecule has 3 aromatic rings. The molecule has 0 fully saturated rings. The monoisotopic (exact) mass is 414 g/mol. The van der Waals surface area contributed by atoms with Crippen LogP contribution < -0.4 is 5.32 Å². The Kier molecular flexibility index (Phi) is 6.74. The first-order valence-electron chi connectivity index (χ1n) is 9.42. The lowest BCUT2D eigenvalue weighted by atomic mass is 10.00. The first-order chi connectivity index (χ1) is 13.9. The third-order valence-corrected chi connectivity index (χ3v) is 5.17. The number of rotatable bonds is 8. The Bertz CT molecular complexity index is 977. The number of hydrogen-bond donors (Lipinski definition) is 3. The fourth-order valence-electron chi connectivity index (χ4n) is 3.24. The number of hydrogen-bond acceptors (Lipinski definition) is 4. The van der Waals surface area contributed by atoms with Crippen LogP contribution in [0.5, 0.6) is 0 Å². The largest absolute Gasteiger partial charge is 0.367 e. The van der Waals surface area contributed by atoms with Gasteiger partial charge in [0.25, 0.3) is 0 Å². The summed E-state index contributed by atoms with van der Waals surface area (Å²) in [6.07, 6.45) is 5.77. The Balaban J connectivity index is 1.82. The molecule has 0 aliphatic carbocycles. The Morgan fingerprint density at radius 1 is 1.17 bits per heavy atom. The molecule has 0 unspecified atom stereocenters. The van der Waals surface area contributed by atoms with E-state index in [2.05, 4.69) is 20.5 Å². The maximum atomic E-state index is 11.9. The van der Waals surface area contributed by atoms with Gasteiger partial charge in [-0.15, -0.1) is 0 Å². The van der Waals surface area contributed by atoms with Gasteiger partial charge in [-0.2, -0.15) is 5.10 Å². The Morgan fingerprint density at radius 2 is 1.97 bits per heavy atom. The maximum Gasteiger partial charge on any atom is 0.236 e. The van der Waals surface area contributed by atoms with E-state index in [1.54, 1.807) is 19.0 Å². The summed E-state index contributed by atoms with van der Waals surface area (Å²) in [6, 6.07) is 6.01. The molecule has 0 saturated heterocycles. The second kappa shape index (κ2) is 9.26. The number of aromatic nitrogens is 3. The van der Waals surface area contributed by atoms with E-state index in [4.69, 9.17) is 11.6 Å². The maximum absolute atomic E-state index is 11.9. The number of likely N-dealkylation sites (N-methyl/N-ethyl adjacent to an activating group) is 2. The number of halogens is 1. The summed E-state index contributed by atoms with van der Waals surface area (Å²) in [6.45, 7) is 1.70. The van der Waals surface area contributed by atoms with Gasteiger partial charge in [0, 0.05) is 55.7 Å². The summed E-state index contributed by atoms with van der Waals surface area (Å²) in [5.74, 6) is 0.0622. The zero-order valence-corrected chi connectivity index (χ0v) is 18.0. The van der Waals surface area contributed by atoms with Crippen molar-refractivity contribution in [2.75, 3.05) is 34.7 Å². The average Bonchev–Trinajstić information content (AvgIpc) is 3.32. The zero-order valence-electron chi connectivity index (χ0n) is 17.2. The molecule has 0 atom stereocenters. The molecule has 29 heavy (non-hydrogen) atoms.